The third kappa shape index (κ3) is 3.24. The molecule has 5 heteroatoms. The molecule has 1 aromatic carbocycles. The van der Waals surface area contributed by atoms with Gasteiger partial charge < -0.3 is 0 Å². The van der Waals surface area contributed by atoms with Gasteiger partial charge in [0.15, 0.2) is 5.78 Å². The first kappa shape index (κ1) is 12.9. The van der Waals surface area contributed by atoms with Gasteiger partial charge in [-0.3, -0.25) is 4.79 Å². The Bertz CT molecular complexity index is 565. The molecule has 0 fully saturated rings. The van der Waals surface area contributed by atoms with Crippen LogP contribution in [0, 0.1) is 6.92 Å². The minimum Gasteiger partial charge on any atom is -0.294 e. The molecule has 0 spiro atoms. The molecular weight excluding hydrogens is 366 g/mol. The predicted molar refractivity (Wildman–Crippen MR) is 76.7 cm³/mol. The van der Waals surface area contributed by atoms with Gasteiger partial charge in [-0.05, 0) is 25.1 Å². The number of hydrogen-bond acceptors (Lipinski definition) is 3. The normalized spacial score (nSPS) is 10.5. The van der Waals surface area contributed by atoms with Crippen LogP contribution in [0.1, 0.15) is 21.1 Å². The third-order valence-corrected chi connectivity index (χ3v) is 4.36. The van der Waals surface area contributed by atoms with E-state index in [1.165, 1.54) is 11.3 Å². The van der Waals surface area contributed by atoms with E-state index >= 15 is 0 Å². The second kappa shape index (κ2) is 5.42. The molecule has 88 valence electrons. The quantitative estimate of drug-likeness (QED) is 0.745. The highest BCUT2D eigenvalue weighted by Gasteiger charge is 2.13. The van der Waals surface area contributed by atoms with Crippen molar-refractivity contribution in [3.05, 3.63) is 48.8 Å². The maximum Gasteiger partial charge on any atom is 0.170 e. The van der Waals surface area contributed by atoms with Crippen LogP contribution in [0.25, 0.3) is 0 Å². The van der Waals surface area contributed by atoms with Gasteiger partial charge in [-0.25, -0.2) is 4.98 Å². The molecule has 0 bridgehead atoms. The van der Waals surface area contributed by atoms with Crippen molar-refractivity contribution in [2.24, 2.45) is 0 Å². The van der Waals surface area contributed by atoms with Crippen LogP contribution < -0.4 is 0 Å². The Labute approximate surface area is 120 Å². The van der Waals surface area contributed by atoms with Gasteiger partial charge >= 0.3 is 0 Å². The summed E-state index contributed by atoms with van der Waals surface area (Å²) in [4.78, 5) is 16.4. The summed E-state index contributed by atoms with van der Waals surface area (Å²) in [6.07, 6.45) is 0.355. The number of hydrogen-bond donors (Lipinski definition) is 0. The van der Waals surface area contributed by atoms with Gasteiger partial charge in [0.25, 0.3) is 0 Å². The van der Waals surface area contributed by atoms with Gasteiger partial charge in [-0.1, -0.05) is 31.9 Å². The number of thiazole rings is 1. The van der Waals surface area contributed by atoms with Crippen LogP contribution in [0.4, 0.5) is 0 Å². The zero-order chi connectivity index (χ0) is 12.4. The summed E-state index contributed by atoms with van der Waals surface area (Å²) in [5.41, 5.74) is 1.65. The Morgan fingerprint density at radius 1 is 1.41 bits per heavy atom. The standard InChI is InChI=1S/C12H9Br2NOS/c1-7-6-17-12(15-7)5-11(16)9-4-8(13)2-3-10(9)14/h2-4,6H,5H2,1H3. The molecule has 0 N–H and O–H groups in total. The van der Waals surface area contributed by atoms with E-state index in [4.69, 9.17) is 0 Å². The van der Waals surface area contributed by atoms with E-state index in [2.05, 4.69) is 36.8 Å². The predicted octanol–water partition coefficient (Wildman–Crippen LogP) is 4.40. The monoisotopic (exact) mass is 373 g/mol. The van der Waals surface area contributed by atoms with Gasteiger partial charge in [0, 0.05) is 25.6 Å². The number of carbonyl (C=O) groups excluding carboxylic acids is 1. The molecule has 2 nitrogen and oxygen atoms in total. The summed E-state index contributed by atoms with van der Waals surface area (Å²) in [6.45, 7) is 1.93. The van der Waals surface area contributed by atoms with Crippen molar-refractivity contribution in [1.29, 1.82) is 0 Å². The minimum atomic E-state index is 0.0764. The van der Waals surface area contributed by atoms with Crippen LogP contribution in [0.15, 0.2) is 32.5 Å². The van der Waals surface area contributed by atoms with E-state index in [0.29, 0.717) is 12.0 Å². The van der Waals surface area contributed by atoms with Gasteiger partial charge in [-0.2, -0.15) is 0 Å². The van der Waals surface area contributed by atoms with Crippen LogP contribution in [0.3, 0.4) is 0 Å². The van der Waals surface area contributed by atoms with Crippen molar-refractivity contribution < 1.29 is 4.79 Å². The Hall–Kier alpha value is -0.520. The number of nitrogens with zero attached hydrogens (tertiary/aromatic N) is 1. The lowest BCUT2D eigenvalue weighted by atomic mass is 10.1. The summed E-state index contributed by atoms with van der Waals surface area (Å²) < 4.78 is 1.72. The zero-order valence-electron chi connectivity index (χ0n) is 9.04. The van der Waals surface area contributed by atoms with Gasteiger partial charge in [0.1, 0.15) is 5.01 Å². The minimum absolute atomic E-state index is 0.0764. The molecular formula is C12H9Br2NOS. The fraction of sp³-hybridized carbons (Fsp3) is 0.167. The Morgan fingerprint density at radius 3 is 2.82 bits per heavy atom. The summed E-state index contributed by atoms with van der Waals surface area (Å²) >= 11 is 8.28. The molecule has 0 radical (unpaired) electrons. The first-order valence-corrected chi connectivity index (χ1v) is 7.42. The van der Waals surface area contributed by atoms with Crippen molar-refractivity contribution in [1.82, 2.24) is 4.98 Å². The van der Waals surface area contributed by atoms with Crippen molar-refractivity contribution in [2.45, 2.75) is 13.3 Å². The smallest absolute Gasteiger partial charge is 0.170 e. The number of carbonyl (C=O) groups is 1. The van der Waals surface area contributed by atoms with Crippen LogP contribution in [-0.4, -0.2) is 10.8 Å². The first-order chi connectivity index (χ1) is 8.06. The Balaban J connectivity index is 2.22. The Kier molecular flexibility index (Phi) is 4.12. The second-order valence-electron chi connectivity index (χ2n) is 3.61. The highest BCUT2D eigenvalue weighted by molar-refractivity contribution is 9.11. The summed E-state index contributed by atoms with van der Waals surface area (Å²) in [5, 5.41) is 2.82. The van der Waals surface area contributed by atoms with E-state index in [0.717, 1.165) is 19.6 Å². The Morgan fingerprint density at radius 2 is 2.18 bits per heavy atom. The summed E-state index contributed by atoms with van der Waals surface area (Å²) in [5.74, 6) is 0.0764. The van der Waals surface area contributed by atoms with Crippen molar-refractivity contribution in [2.75, 3.05) is 0 Å². The maximum atomic E-state index is 12.1. The molecule has 1 aromatic heterocycles. The van der Waals surface area contributed by atoms with E-state index in [1.807, 2.05) is 30.5 Å². The van der Waals surface area contributed by atoms with Gasteiger partial charge in [0.05, 0.1) is 6.42 Å². The number of benzene rings is 1. The molecule has 0 saturated carbocycles. The highest BCUT2D eigenvalue weighted by atomic mass is 79.9. The largest absolute Gasteiger partial charge is 0.294 e. The molecule has 2 aromatic rings. The van der Waals surface area contributed by atoms with E-state index < -0.39 is 0 Å². The molecule has 0 atom stereocenters. The number of rotatable bonds is 3. The fourth-order valence-corrected chi connectivity index (χ4v) is 3.03. The average molecular weight is 375 g/mol. The lowest BCUT2D eigenvalue weighted by Gasteiger charge is -2.03. The van der Waals surface area contributed by atoms with Crippen LogP contribution >= 0.6 is 43.2 Å². The first-order valence-electron chi connectivity index (χ1n) is 4.95. The van der Waals surface area contributed by atoms with Crippen molar-refractivity contribution >= 4 is 49.0 Å². The molecule has 1 heterocycles. The third-order valence-electron chi connectivity index (χ3n) is 2.21. The molecule has 0 aliphatic rings. The van der Waals surface area contributed by atoms with Gasteiger partial charge in [0.2, 0.25) is 0 Å². The van der Waals surface area contributed by atoms with Crippen LogP contribution in [-0.2, 0) is 6.42 Å². The van der Waals surface area contributed by atoms with E-state index in [1.54, 1.807) is 0 Å². The van der Waals surface area contributed by atoms with E-state index in [9.17, 15) is 4.79 Å². The molecule has 0 unspecified atom stereocenters. The fourth-order valence-electron chi connectivity index (χ4n) is 1.43. The molecule has 2 rings (SSSR count). The highest BCUT2D eigenvalue weighted by Crippen LogP contribution is 2.23. The molecule has 0 saturated heterocycles. The average Bonchev–Trinajstić information content (AvgIpc) is 2.67. The maximum absolute atomic E-state index is 12.1. The lowest BCUT2D eigenvalue weighted by Crippen LogP contribution is -2.04. The second-order valence-corrected chi connectivity index (χ2v) is 6.32. The zero-order valence-corrected chi connectivity index (χ0v) is 13.0. The number of aromatic nitrogens is 1. The van der Waals surface area contributed by atoms with E-state index in [-0.39, 0.29) is 5.78 Å². The molecule has 0 amide bonds. The molecule has 0 aliphatic carbocycles. The van der Waals surface area contributed by atoms with Crippen molar-refractivity contribution in [3.63, 3.8) is 0 Å². The van der Waals surface area contributed by atoms with Crippen LogP contribution in [0.5, 0.6) is 0 Å². The number of aryl methyl sites for hydroxylation is 1. The van der Waals surface area contributed by atoms with Crippen LogP contribution in [0.2, 0.25) is 0 Å². The van der Waals surface area contributed by atoms with Crippen molar-refractivity contribution in [3.8, 4) is 0 Å². The van der Waals surface area contributed by atoms with Gasteiger partial charge in [-0.15, -0.1) is 11.3 Å². The lowest BCUT2D eigenvalue weighted by molar-refractivity contribution is 0.0992. The molecule has 17 heavy (non-hydrogen) atoms. The topological polar surface area (TPSA) is 30.0 Å². The number of halogens is 2. The number of ketones is 1. The summed E-state index contributed by atoms with van der Waals surface area (Å²) in [7, 11) is 0. The molecule has 0 aliphatic heterocycles. The number of Topliss-reactive ketones (excluding diaryl/α,β-unsaturated/α-hetero) is 1. The SMILES string of the molecule is Cc1csc(CC(=O)c2cc(Br)ccc2Br)n1. The summed E-state index contributed by atoms with van der Waals surface area (Å²) in [6, 6.07) is 5.59.